The van der Waals surface area contributed by atoms with Gasteiger partial charge in [-0.3, -0.25) is 4.90 Å². The molecule has 6 nitrogen and oxygen atoms in total. The summed E-state index contributed by atoms with van der Waals surface area (Å²) in [5.41, 5.74) is 10.8. The highest BCUT2D eigenvalue weighted by molar-refractivity contribution is 6.59. The van der Waals surface area contributed by atoms with Crippen LogP contribution in [0.2, 0.25) is 0 Å². The maximum atomic E-state index is 9.51. The van der Waals surface area contributed by atoms with E-state index in [1.165, 1.54) is 0 Å². The lowest BCUT2D eigenvalue weighted by molar-refractivity contribution is 0.319. The van der Waals surface area contributed by atoms with E-state index < -0.39 is 7.12 Å². The minimum atomic E-state index is -1.46. The van der Waals surface area contributed by atoms with Gasteiger partial charge in [-0.2, -0.15) is 10.2 Å². The van der Waals surface area contributed by atoms with Crippen molar-refractivity contribution in [3.63, 3.8) is 0 Å². The first-order chi connectivity index (χ1) is 14.0. The van der Waals surface area contributed by atoms with Gasteiger partial charge in [-0.15, -0.1) is 0 Å². The first-order valence-corrected chi connectivity index (χ1v) is 9.47. The fraction of sp³-hybridized carbons (Fsp3) is 0.182. The van der Waals surface area contributed by atoms with Crippen LogP contribution in [-0.4, -0.2) is 29.1 Å². The maximum absolute atomic E-state index is 9.51. The van der Waals surface area contributed by atoms with Crippen LogP contribution in [0.1, 0.15) is 16.7 Å². The van der Waals surface area contributed by atoms with E-state index in [1.807, 2.05) is 67.7 Å². The standard InChI is InChI=1S/C22H25BN4O2/c1-27(16-19-4-2-3-5-22(19)23(28)29)15-18-8-12-21(13-9-18)26-25-20-10-6-17(14-24)7-11-20/h2-13,28-29H,14-16,24H2,1H3. The summed E-state index contributed by atoms with van der Waals surface area (Å²) in [4.78, 5) is 2.12. The van der Waals surface area contributed by atoms with E-state index in [4.69, 9.17) is 5.73 Å². The molecule has 0 saturated heterocycles. The van der Waals surface area contributed by atoms with Crippen molar-refractivity contribution in [1.29, 1.82) is 0 Å². The van der Waals surface area contributed by atoms with Gasteiger partial charge < -0.3 is 15.8 Å². The summed E-state index contributed by atoms with van der Waals surface area (Å²) in [7, 11) is 0.537. The van der Waals surface area contributed by atoms with Gasteiger partial charge in [0.25, 0.3) is 0 Å². The Bertz CT molecular complexity index is 944. The molecule has 0 heterocycles. The molecule has 29 heavy (non-hydrogen) atoms. The van der Waals surface area contributed by atoms with Crippen LogP contribution in [0.25, 0.3) is 0 Å². The molecule has 0 amide bonds. The van der Waals surface area contributed by atoms with Crippen LogP contribution in [0.3, 0.4) is 0 Å². The number of hydrogen-bond acceptors (Lipinski definition) is 6. The smallest absolute Gasteiger partial charge is 0.423 e. The molecule has 0 radical (unpaired) electrons. The minimum absolute atomic E-state index is 0.513. The topological polar surface area (TPSA) is 94.4 Å². The van der Waals surface area contributed by atoms with Crippen molar-refractivity contribution >= 4 is 24.0 Å². The van der Waals surface area contributed by atoms with E-state index in [1.54, 1.807) is 12.1 Å². The maximum Gasteiger partial charge on any atom is 0.488 e. The molecule has 3 aromatic carbocycles. The summed E-state index contributed by atoms with van der Waals surface area (Å²) >= 11 is 0. The van der Waals surface area contributed by atoms with Gasteiger partial charge in [0.15, 0.2) is 0 Å². The fourth-order valence-electron chi connectivity index (χ4n) is 3.07. The second-order valence-corrected chi connectivity index (χ2v) is 6.98. The van der Waals surface area contributed by atoms with Gasteiger partial charge in [-0.25, -0.2) is 0 Å². The highest BCUT2D eigenvalue weighted by Crippen LogP contribution is 2.20. The summed E-state index contributed by atoms with van der Waals surface area (Å²) in [6.45, 7) is 1.86. The van der Waals surface area contributed by atoms with Crippen molar-refractivity contribution in [3.05, 3.63) is 89.5 Å². The molecular weight excluding hydrogens is 363 g/mol. The molecule has 0 aromatic heterocycles. The molecule has 3 rings (SSSR count). The van der Waals surface area contributed by atoms with E-state index in [-0.39, 0.29) is 0 Å². The summed E-state index contributed by atoms with van der Waals surface area (Å²) < 4.78 is 0. The number of hydrogen-bond donors (Lipinski definition) is 3. The number of rotatable bonds is 8. The predicted molar refractivity (Wildman–Crippen MR) is 116 cm³/mol. The third-order valence-electron chi connectivity index (χ3n) is 4.62. The van der Waals surface area contributed by atoms with E-state index in [9.17, 15) is 10.0 Å². The summed E-state index contributed by atoms with van der Waals surface area (Å²) in [5, 5.41) is 27.5. The molecule has 0 spiro atoms. The van der Waals surface area contributed by atoms with Crippen molar-refractivity contribution in [2.24, 2.45) is 16.0 Å². The lowest BCUT2D eigenvalue weighted by Crippen LogP contribution is -2.34. The Balaban J connectivity index is 1.59. The molecule has 0 aliphatic carbocycles. The monoisotopic (exact) mass is 388 g/mol. The third-order valence-corrected chi connectivity index (χ3v) is 4.62. The average Bonchev–Trinajstić information content (AvgIpc) is 2.74. The number of nitrogens with two attached hydrogens (primary N) is 1. The van der Waals surface area contributed by atoms with E-state index in [2.05, 4.69) is 15.1 Å². The molecule has 3 aromatic rings. The van der Waals surface area contributed by atoms with Crippen molar-refractivity contribution in [2.45, 2.75) is 19.6 Å². The molecule has 0 aliphatic heterocycles. The Morgan fingerprint density at radius 1 is 0.793 bits per heavy atom. The zero-order valence-corrected chi connectivity index (χ0v) is 16.4. The quantitative estimate of drug-likeness (QED) is 0.409. The Morgan fingerprint density at radius 2 is 1.34 bits per heavy atom. The Morgan fingerprint density at radius 3 is 1.90 bits per heavy atom. The molecule has 4 N–H and O–H groups in total. The number of nitrogens with zero attached hydrogens (tertiary/aromatic N) is 3. The van der Waals surface area contributed by atoms with Crippen LogP contribution < -0.4 is 11.2 Å². The van der Waals surface area contributed by atoms with Crippen LogP contribution in [0.15, 0.2) is 83.0 Å². The van der Waals surface area contributed by atoms with Crippen LogP contribution in [0.4, 0.5) is 11.4 Å². The van der Waals surface area contributed by atoms with Gasteiger partial charge in [-0.1, -0.05) is 48.5 Å². The summed E-state index contributed by atoms with van der Waals surface area (Å²) in [6.07, 6.45) is 0. The largest absolute Gasteiger partial charge is 0.488 e. The zero-order valence-electron chi connectivity index (χ0n) is 16.4. The van der Waals surface area contributed by atoms with Gasteiger partial charge in [0.2, 0.25) is 0 Å². The highest BCUT2D eigenvalue weighted by atomic mass is 16.4. The minimum Gasteiger partial charge on any atom is -0.423 e. The highest BCUT2D eigenvalue weighted by Gasteiger charge is 2.16. The fourth-order valence-corrected chi connectivity index (χ4v) is 3.07. The number of azo groups is 1. The van der Waals surface area contributed by atoms with E-state index in [0.717, 1.165) is 34.6 Å². The molecule has 0 fully saturated rings. The Kier molecular flexibility index (Phi) is 7.27. The average molecular weight is 388 g/mol. The lowest BCUT2D eigenvalue weighted by Gasteiger charge is -2.19. The summed E-state index contributed by atoms with van der Waals surface area (Å²) in [6, 6.07) is 23.0. The van der Waals surface area contributed by atoms with Gasteiger partial charge in [-0.05, 0) is 53.5 Å². The van der Waals surface area contributed by atoms with Crippen molar-refractivity contribution in [2.75, 3.05) is 7.05 Å². The third kappa shape index (κ3) is 6.07. The molecule has 0 unspecified atom stereocenters. The molecule has 0 aliphatic rings. The van der Waals surface area contributed by atoms with Crippen LogP contribution in [-0.2, 0) is 19.6 Å². The van der Waals surface area contributed by atoms with Gasteiger partial charge in [0.05, 0.1) is 11.4 Å². The molecule has 7 heteroatoms. The lowest BCUT2D eigenvalue weighted by atomic mass is 9.77. The second kappa shape index (κ2) is 10.1. The second-order valence-electron chi connectivity index (χ2n) is 6.98. The molecule has 148 valence electrons. The molecule has 0 bridgehead atoms. The van der Waals surface area contributed by atoms with Gasteiger partial charge >= 0.3 is 7.12 Å². The van der Waals surface area contributed by atoms with E-state index in [0.29, 0.717) is 18.6 Å². The van der Waals surface area contributed by atoms with Crippen molar-refractivity contribution in [3.8, 4) is 0 Å². The molecular formula is C22H25BN4O2. The normalized spacial score (nSPS) is 11.3. The SMILES string of the molecule is CN(Cc1ccc(N=Nc2ccc(CN)cc2)cc1)Cc1ccccc1B(O)O. The van der Waals surface area contributed by atoms with Gasteiger partial charge in [0, 0.05) is 19.6 Å². The van der Waals surface area contributed by atoms with Crippen LogP contribution in [0, 0.1) is 0 Å². The van der Waals surface area contributed by atoms with Crippen LogP contribution >= 0.6 is 0 Å². The van der Waals surface area contributed by atoms with Crippen molar-refractivity contribution < 1.29 is 10.0 Å². The van der Waals surface area contributed by atoms with E-state index >= 15 is 0 Å². The Hall–Kier alpha value is -2.84. The first-order valence-electron chi connectivity index (χ1n) is 9.47. The predicted octanol–water partition coefficient (Wildman–Crippen LogP) is 2.87. The van der Waals surface area contributed by atoms with Gasteiger partial charge in [0.1, 0.15) is 0 Å². The van der Waals surface area contributed by atoms with Crippen molar-refractivity contribution in [1.82, 2.24) is 4.90 Å². The Labute approximate surface area is 171 Å². The number of benzene rings is 3. The molecule has 0 atom stereocenters. The first kappa shape index (κ1) is 20.9. The zero-order chi connectivity index (χ0) is 20.6. The summed E-state index contributed by atoms with van der Waals surface area (Å²) in [5.74, 6) is 0. The van der Waals surface area contributed by atoms with Crippen LogP contribution in [0.5, 0.6) is 0 Å². The molecule has 0 saturated carbocycles.